The van der Waals surface area contributed by atoms with Crippen molar-refractivity contribution >= 4 is 17.6 Å². The van der Waals surface area contributed by atoms with Crippen molar-refractivity contribution in [3.05, 3.63) is 24.3 Å². The number of likely N-dealkylation sites (N-methyl/N-ethyl adjacent to an activating group) is 1. The predicted octanol–water partition coefficient (Wildman–Crippen LogP) is 0.840. The molecule has 0 radical (unpaired) electrons. The second-order valence-corrected chi connectivity index (χ2v) is 5.50. The van der Waals surface area contributed by atoms with Gasteiger partial charge in [-0.05, 0) is 26.2 Å². The molecule has 0 aliphatic rings. The highest BCUT2D eigenvalue weighted by Gasteiger charge is 2.06. The first-order valence-corrected chi connectivity index (χ1v) is 7.47. The van der Waals surface area contributed by atoms with Gasteiger partial charge in [0.2, 0.25) is 0 Å². The summed E-state index contributed by atoms with van der Waals surface area (Å²) < 4.78 is 5.40. The van der Waals surface area contributed by atoms with Gasteiger partial charge in [0.1, 0.15) is 5.75 Å². The van der Waals surface area contributed by atoms with Crippen LogP contribution in [0.15, 0.2) is 24.3 Å². The van der Waals surface area contributed by atoms with Crippen LogP contribution in [0.3, 0.4) is 0 Å². The van der Waals surface area contributed by atoms with E-state index in [1.165, 1.54) is 4.90 Å². The number of rotatable bonds is 6. The number of carbonyl (C=O) groups excluding carboxylic acids is 2. The van der Waals surface area contributed by atoms with Gasteiger partial charge in [-0.2, -0.15) is 0 Å². The molecule has 0 aliphatic carbocycles. The molecule has 2 N–H and O–H groups in total. The van der Waals surface area contributed by atoms with Crippen LogP contribution in [-0.4, -0.2) is 69.6 Å². The smallest absolute Gasteiger partial charge is 0.319 e. The van der Waals surface area contributed by atoms with Gasteiger partial charge < -0.3 is 20.3 Å². The Morgan fingerprint density at radius 3 is 2.58 bits per heavy atom. The standard InChI is InChI=1S/C17H24N4O3/c1-20(2)11-6-5-10-18-17(23)19-14-8-7-9-15(12-14)24-13-16(22)21(3)4/h7-9,12H,10-11,13H2,1-4H3,(H2,18,19,23). The number of nitrogens with one attached hydrogen (secondary N) is 2. The molecule has 0 aliphatic heterocycles. The molecule has 0 aromatic heterocycles. The number of hydrogen-bond donors (Lipinski definition) is 2. The normalized spacial score (nSPS) is 9.71. The van der Waals surface area contributed by atoms with Gasteiger partial charge in [0.15, 0.2) is 6.61 Å². The summed E-state index contributed by atoms with van der Waals surface area (Å²) in [4.78, 5) is 26.7. The molecule has 24 heavy (non-hydrogen) atoms. The van der Waals surface area contributed by atoms with Gasteiger partial charge in [-0.25, -0.2) is 4.79 Å². The van der Waals surface area contributed by atoms with E-state index in [2.05, 4.69) is 22.5 Å². The lowest BCUT2D eigenvalue weighted by molar-refractivity contribution is -0.130. The second kappa shape index (κ2) is 10.1. The molecule has 0 atom stereocenters. The maximum absolute atomic E-state index is 11.8. The molecule has 7 heteroatoms. The Bertz CT molecular complexity index is 618. The molecule has 3 amide bonds. The predicted molar refractivity (Wildman–Crippen MR) is 94.0 cm³/mol. The summed E-state index contributed by atoms with van der Waals surface area (Å²) >= 11 is 0. The van der Waals surface area contributed by atoms with Crippen molar-refractivity contribution in [2.24, 2.45) is 0 Å². The maximum atomic E-state index is 11.8. The van der Waals surface area contributed by atoms with Crippen LogP contribution in [-0.2, 0) is 4.79 Å². The number of amides is 3. The quantitative estimate of drug-likeness (QED) is 0.757. The Morgan fingerprint density at radius 2 is 1.92 bits per heavy atom. The van der Waals surface area contributed by atoms with E-state index in [9.17, 15) is 9.59 Å². The zero-order chi connectivity index (χ0) is 17.9. The number of nitrogens with zero attached hydrogens (tertiary/aromatic N) is 2. The van der Waals surface area contributed by atoms with Crippen molar-refractivity contribution < 1.29 is 14.3 Å². The third-order valence-corrected chi connectivity index (χ3v) is 2.81. The van der Waals surface area contributed by atoms with E-state index in [4.69, 9.17) is 4.74 Å². The highest BCUT2D eigenvalue weighted by Crippen LogP contribution is 2.17. The molecular weight excluding hydrogens is 308 g/mol. The van der Waals surface area contributed by atoms with Gasteiger partial charge in [0.25, 0.3) is 5.91 Å². The monoisotopic (exact) mass is 332 g/mol. The summed E-state index contributed by atoms with van der Waals surface area (Å²) in [6.45, 7) is 0.867. The molecule has 0 bridgehead atoms. The van der Waals surface area contributed by atoms with Crippen LogP contribution in [0.5, 0.6) is 5.75 Å². The van der Waals surface area contributed by atoms with Crippen molar-refractivity contribution in [1.82, 2.24) is 15.1 Å². The largest absolute Gasteiger partial charge is 0.484 e. The Kier molecular flexibility index (Phi) is 8.16. The molecule has 7 nitrogen and oxygen atoms in total. The van der Waals surface area contributed by atoms with Crippen LogP contribution < -0.4 is 15.4 Å². The number of benzene rings is 1. The van der Waals surface area contributed by atoms with Gasteiger partial charge in [0, 0.05) is 25.8 Å². The van der Waals surface area contributed by atoms with Gasteiger partial charge in [-0.3, -0.25) is 9.69 Å². The number of hydrogen-bond acceptors (Lipinski definition) is 4. The number of urea groups is 1. The fraction of sp³-hybridized carbons (Fsp3) is 0.412. The number of carbonyl (C=O) groups is 2. The Morgan fingerprint density at radius 1 is 1.17 bits per heavy atom. The molecule has 1 aromatic rings. The molecule has 0 fully saturated rings. The molecule has 0 heterocycles. The van der Waals surface area contributed by atoms with E-state index in [1.807, 2.05) is 19.0 Å². The minimum Gasteiger partial charge on any atom is -0.484 e. The summed E-state index contributed by atoms with van der Waals surface area (Å²) in [7, 11) is 7.18. The van der Waals surface area contributed by atoms with E-state index in [0.29, 0.717) is 18.0 Å². The molecule has 1 aromatic carbocycles. The van der Waals surface area contributed by atoms with Gasteiger partial charge in [0.05, 0.1) is 13.1 Å². The van der Waals surface area contributed by atoms with Crippen LogP contribution in [0.4, 0.5) is 10.5 Å². The minimum absolute atomic E-state index is 0.0515. The summed E-state index contributed by atoms with van der Waals surface area (Å²) in [5.41, 5.74) is 0.573. The average Bonchev–Trinajstić information content (AvgIpc) is 2.52. The van der Waals surface area contributed by atoms with E-state index in [0.717, 1.165) is 0 Å². The Labute approximate surface area is 143 Å². The van der Waals surface area contributed by atoms with Crippen LogP contribution in [0.1, 0.15) is 0 Å². The fourth-order valence-corrected chi connectivity index (χ4v) is 1.51. The van der Waals surface area contributed by atoms with Crippen LogP contribution >= 0.6 is 0 Å². The van der Waals surface area contributed by atoms with Crippen molar-refractivity contribution in [2.75, 3.05) is 53.2 Å². The zero-order valence-corrected chi connectivity index (χ0v) is 14.5. The minimum atomic E-state index is -0.351. The van der Waals surface area contributed by atoms with Crippen LogP contribution in [0, 0.1) is 11.8 Å². The van der Waals surface area contributed by atoms with E-state index in [-0.39, 0.29) is 25.1 Å². The topological polar surface area (TPSA) is 73.9 Å². The van der Waals surface area contributed by atoms with Crippen molar-refractivity contribution in [3.63, 3.8) is 0 Å². The van der Waals surface area contributed by atoms with E-state index < -0.39 is 0 Å². The van der Waals surface area contributed by atoms with E-state index in [1.54, 1.807) is 38.4 Å². The third-order valence-electron chi connectivity index (χ3n) is 2.81. The first-order chi connectivity index (χ1) is 11.4. The lowest BCUT2D eigenvalue weighted by atomic mass is 10.3. The van der Waals surface area contributed by atoms with Crippen molar-refractivity contribution in [3.8, 4) is 17.6 Å². The molecule has 0 saturated heterocycles. The zero-order valence-electron chi connectivity index (χ0n) is 14.5. The average molecular weight is 332 g/mol. The molecule has 0 saturated carbocycles. The van der Waals surface area contributed by atoms with Gasteiger partial charge >= 0.3 is 6.03 Å². The second-order valence-electron chi connectivity index (χ2n) is 5.50. The highest BCUT2D eigenvalue weighted by molar-refractivity contribution is 5.89. The SMILES string of the molecule is CN(C)CC#CCNC(=O)Nc1cccc(OCC(=O)N(C)C)c1. The lowest BCUT2D eigenvalue weighted by Gasteiger charge is -2.12. The summed E-state index contributed by atoms with van der Waals surface area (Å²) in [6, 6.07) is 6.49. The molecular formula is C17H24N4O3. The summed E-state index contributed by atoms with van der Waals surface area (Å²) in [5, 5.41) is 5.33. The maximum Gasteiger partial charge on any atom is 0.319 e. The third kappa shape index (κ3) is 8.06. The fourth-order valence-electron chi connectivity index (χ4n) is 1.51. The van der Waals surface area contributed by atoms with E-state index >= 15 is 0 Å². The van der Waals surface area contributed by atoms with Crippen molar-refractivity contribution in [1.29, 1.82) is 0 Å². The van der Waals surface area contributed by atoms with Crippen LogP contribution in [0.25, 0.3) is 0 Å². The van der Waals surface area contributed by atoms with Gasteiger partial charge in [-0.15, -0.1) is 0 Å². The van der Waals surface area contributed by atoms with Crippen molar-refractivity contribution in [2.45, 2.75) is 0 Å². The number of ether oxygens (including phenoxy) is 1. The molecule has 130 valence electrons. The van der Waals surface area contributed by atoms with Crippen LogP contribution in [0.2, 0.25) is 0 Å². The lowest BCUT2D eigenvalue weighted by Crippen LogP contribution is -2.29. The Hall–Kier alpha value is -2.72. The molecule has 0 unspecified atom stereocenters. The first-order valence-electron chi connectivity index (χ1n) is 7.47. The summed E-state index contributed by atoms with van der Waals surface area (Å²) in [6.07, 6.45) is 0. The highest BCUT2D eigenvalue weighted by atomic mass is 16.5. The molecule has 1 rings (SSSR count). The Balaban J connectivity index is 2.44. The number of anilines is 1. The molecule has 0 spiro atoms. The summed E-state index contributed by atoms with van der Waals surface area (Å²) in [5.74, 6) is 6.16. The van der Waals surface area contributed by atoms with Gasteiger partial charge in [-0.1, -0.05) is 17.9 Å². The first kappa shape index (κ1) is 19.3.